The van der Waals surface area contributed by atoms with Crippen LogP contribution < -0.4 is 5.32 Å². The summed E-state index contributed by atoms with van der Waals surface area (Å²) in [6, 6.07) is 3.85. The van der Waals surface area contributed by atoms with Crippen molar-refractivity contribution in [1.29, 1.82) is 0 Å². The maximum atomic E-state index is 11.8. The minimum absolute atomic E-state index is 0.272. The van der Waals surface area contributed by atoms with Gasteiger partial charge in [0.25, 0.3) is 6.43 Å². The Morgan fingerprint density at radius 1 is 1.33 bits per heavy atom. The molecule has 1 heterocycles. The molecule has 2 nitrogen and oxygen atoms in total. The van der Waals surface area contributed by atoms with Crippen molar-refractivity contribution in [2.24, 2.45) is 0 Å². The lowest BCUT2D eigenvalue weighted by molar-refractivity contribution is 0.145. The van der Waals surface area contributed by atoms with Gasteiger partial charge < -0.3 is 5.32 Å². The van der Waals surface area contributed by atoms with Crippen LogP contribution in [0.5, 0.6) is 0 Å². The van der Waals surface area contributed by atoms with Gasteiger partial charge in [0.2, 0.25) is 0 Å². The summed E-state index contributed by atoms with van der Waals surface area (Å²) in [5.74, 6) is 0.396. The van der Waals surface area contributed by atoms with Crippen molar-refractivity contribution in [1.82, 2.24) is 10.3 Å². The smallest absolute Gasteiger partial charge is 0.250 e. The predicted molar refractivity (Wildman–Crippen MR) is 56.0 cm³/mol. The number of hydrogen-bond donors (Lipinski definition) is 1. The van der Waals surface area contributed by atoms with Gasteiger partial charge in [-0.25, -0.2) is 8.78 Å². The number of alkyl halides is 2. The van der Waals surface area contributed by atoms with E-state index in [0.717, 1.165) is 11.3 Å². The molecule has 84 valence electrons. The van der Waals surface area contributed by atoms with E-state index < -0.39 is 6.43 Å². The van der Waals surface area contributed by atoms with Crippen LogP contribution in [-0.2, 0) is 6.54 Å². The minimum atomic E-state index is -2.30. The fourth-order valence-electron chi connectivity index (χ4n) is 1.21. The molecule has 0 aliphatic heterocycles. The number of nitrogens with zero attached hydrogens (tertiary/aromatic N) is 1. The third-order valence-corrected chi connectivity index (χ3v) is 2.07. The van der Waals surface area contributed by atoms with Crippen molar-refractivity contribution in [3.05, 3.63) is 29.6 Å². The second kappa shape index (κ2) is 5.75. The van der Waals surface area contributed by atoms with E-state index in [0.29, 0.717) is 12.5 Å². The molecule has 0 fully saturated rings. The molecule has 0 unspecified atom stereocenters. The molecule has 1 aromatic rings. The summed E-state index contributed by atoms with van der Waals surface area (Å²) < 4.78 is 23.7. The highest BCUT2D eigenvalue weighted by Gasteiger charge is 2.02. The lowest BCUT2D eigenvalue weighted by Gasteiger charge is -2.06. The second-order valence-corrected chi connectivity index (χ2v) is 3.77. The Labute approximate surface area is 88.7 Å². The summed E-state index contributed by atoms with van der Waals surface area (Å²) >= 11 is 0. The van der Waals surface area contributed by atoms with Crippen LogP contribution in [0.1, 0.15) is 31.0 Å². The summed E-state index contributed by atoms with van der Waals surface area (Å²) in [4.78, 5) is 4.25. The molecule has 1 N–H and O–H groups in total. The average molecular weight is 214 g/mol. The average Bonchev–Trinajstić information content (AvgIpc) is 2.18. The Kier molecular flexibility index (Phi) is 4.62. The van der Waals surface area contributed by atoms with Gasteiger partial charge >= 0.3 is 0 Å². The first-order valence-corrected chi connectivity index (χ1v) is 5.03. The first kappa shape index (κ1) is 12.0. The molecular weight excluding hydrogens is 198 g/mol. The molecule has 0 saturated heterocycles. The standard InChI is InChI=1S/C11H16F2N2/c1-8(2)10-4-3-9(6-15-10)5-14-7-11(12)13/h3-4,6,8,11,14H,5,7H2,1-2H3. The maximum absolute atomic E-state index is 11.8. The van der Waals surface area contributed by atoms with Crippen LogP contribution >= 0.6 is 0 Å². The van der Waals surface area contributed by atoms with Gasteiger partial charge in [-0.1, -0.05) is 19.9 Å². The van der Waals surface area contributed by atoms with Crippen molar-refractivity contribution in [2.45, 2.75) is 32.7 Å². The SMILES string of the molecule is CC(C)c1ccc(CNCC(F)F)cn1. The third kappa shape index (κ3) is 4.34. The zero-order valence-corrected chi connectivity index (χ0v) is 9.00. The van der Waals surface area contributed by atoms with Gasteiger partial charge in [0.05, 0.1) is 6.54 Å². The molecule has 0 aliphatic rings. The van der Waals surface area contributed by atoms with Crippen LogP contribution in [0.2, 0.25) is 0 Å². The summed E-state index contributed by atoms with van der Waals surface area (Å²) in [5, 5.41) is 2.66. The van der Waals surface area contributed by atoms with E-state index in [1.165, 1.54) is 0 Å². The Bertz CT molecular complexity index is 283. The van der Waals surface area contributed by atoms with Crippen LogP contribution in [0.15, 0.2) is 18.3 Å². The Morgan fingerprint density at radius 3 is 2.53 bits per heavy atom. The Morgan fingerprint density at radius 2 is 2.07 bits per heavy atom. The van der Waals surface area contributed by atoms with Crippen molar-refractivity contribution < 1.29 is 8.78 Å². The van der Waals surface area contributed by atoms with Crippen molar-refractivity contribution in [3.8, 4) is 0 Å². The molecule has 0 spiro atoms. The van der Waals surface area contributed by atoms with E-state index in [4.69, 9.17) is 0 Å². The monoisotopic (exact) mass is 214 g/mol. The lowest BCUT2D eigenvalue weighted by Crippen LogP contribution is -2.20. The summed E-state index contributed by atoms with van der Waals surface area (Å²) in [7, 11) is 0. The topological polar surface area (TPSA) is 24.9 Å². The summed E-state index contributed by atoms with van der Waals surface area (Å²) in [6.07, 6.45) is -0.568. The van der Waals surface area contributed by atoms with Gasteiger partial charge in [0, 0.05) is 18.4 Å². The zero-order chi connectivity index (χ0) is 11.3. The molecule has 1 rings (SSSR count). The molecule has 15 heavy (non-hydrogen) atoms. The zero-order valence-electron chi connectivity index (χ0n) is 9.00. The minimum Gasteiger partial charge on any atom is -0.307 e. The second-order valence-electron chi connectivity index (χ2n) is 3.77. The predicted octanol–water partition coefficient (Wildman–Crippen LogP) is 2.56. The van der Waals surface area contributed by atoms with Gasteiger partial charge in [-0.15, -0.1) is 0 Å². The molecule has 0 aromatic carbocycles. The van der Waals surface area contributed by atoms with E-state index in [-0.39, 0.29) is 6.54 Å². The molecule has 0 bridgehead atoms. The van der Waals surface area contributed by atoms with Crippen LogP contribution in [0.25, 0.3) is 0 Å². The van der Waals surface area contributed by atoms with Gasteiger partial charge in [0.15, 0.2) is 0 Å². The van der Waals surface area contributed by atoms with E-state index in [2.05, 4.69) is 24.1 Å². The van der Waals surface area contributed by atoms with Gasteiger partial charge in [-0.3, -0.25) is 4.98 Å². The third-order valence-electron chi connectivity index (χ3n) is 2.07. The van der Waals surface area contributed by atoms with Crippen LogP contribution in [0.4, 0.5) is 8.78 Å². The lowest BCUT2D eigenvalue weighted by atomic mass is 10.1. The van der Waals surface area contributed by atoms with E-state index in [1.54, 1.807) is 6.20 Å². The molecule has 0 aliphatic carbocycles. The van der Waals surface area contributed by atoms with Gasteiger partial charge in [-0.2, -0.15) is 0 Å². The number of rotatable bonds is 5. The van der Waals surface area contributed by atoms with Crippen LogP contribution in [-0.4, -0.2) is 18.0 Å². The van der Waals surface area contributed by atoms with Crippen molar-refractivity contribution >= 4 is 0 Å². The summed E-state index contributed by atoms with van der Waals surface area (Å²) in [6.45, 7) is 4.30. The molecule has 4 heteroatoms. The fraction of sp³-hybridized carbons (Fsp3) is 0.545. The molecule has 0 saturated carbocycles. The number of aromatic nitrogens is 1. The first-order valence-electron chi connectivity index (χ1n) is 5.03. The van der Waals surface area contributed by atoms with E-state index >= 15 is 0 Å². The highest BCUT2D eigenvalue weighted by Crippen LogP contribution is 2.11. The van der Waals surface area contributed by atoms with Crippen molar-refractivity contribution in [3.63, 3.8) is 0 Å². The number of halogens is 2. The quantitative estimate of drug-likeness (QED) is 0.814. The molecule has 0 amide bonds. The highest BCUT2D eigenvalue weighted by molar-refractivity contribution is 5.15. The molecule has 1 aromatic heterocycles. The molecule has 0 atom stereocenters. The highest BCUT2D eigenvalue weighted by atomic mass is 19.3. The molecule has 0 radical (unpaired) electrons. The fourth-order valence-corrected chi connectivity index (χ4v) is 1.21. The maximum Gasteiger partial charge on any atom is 0.250 e. The van der Waals surface area contributed by atoms with E-state index in [9.17, 15) is 8.78 Å². The largest absolute Gasteiger partial charge is 0.307 e. The van der Waals surface area contributed by atoms with E-state index in [1.807, 2.05) is 12.1 Å². The van der Waals surface area contributed by atoms with Gasteiger partial charge in [-0.05, 0) is 17.5 Å². The number of nitrogens with one attached hydrogen (secondary N) is 1. The normalized spacial score (nSPS) is 11.3. The Hall–Kier alpha value is -1.03. The van der Waals surface area contributed by atoms with Crippen LogP contribution in [0.3, 0.4) is 0 Å². The number of hydrogen-bond acceptors (Lipinski definition) is 2. The summed E-state index contributed by atoms with van der Waals surface area (Å²) in [5.41, 5.74) is 1.95. The molecular formula is C11H16F2N2. The number of pyridine rings is 1. The van der Waals surface area contributed by atoms with Crippen LogP contribution in [0, 0.1) is 0 Å². The van der Waals surface area contributed by atoms with Gasteiger partial charge in [0.1, 0.15) is 0 Å². The Balaban J connectivity index is 2.43. The first-order chi connectivity index (χ1) is 7.09. The van der Waals surface area contributed by atoms with Crippen molar-refractivity contribution in [2.75, 3.05) is 6.54 Å².